The summed E-state index contributed by atoms with van der Waals surface area (Å²) in [7, 11) is 0. The maximum absolute atomic E-state index is 13.7. The lowest BCUT2D eigenvalue weighted by atomic mass is 9.35. The molecule has 8 nitrogen and oxygen atoms in total. The number of carbonyl (C=O) groups is 3. The molecule has 32 heavy (non-hydrogen) atoms. The summed E-state index contributed by atoms with van der Waals surface area (Å²) in [6.45, 7) is 8.31. The second-order valence-corrected chi connectivity index (χ2v) is 11.0. The molecule has 0 radical (unpaired) electrons. The van der Waals surface area contributed by atoms with E-state index in [1.807, 2.05) is 6.92 Å². The summed E-state index contributed by atoms with van der Waals surface area (Å²) in [6.07, 6.45) is 0.0945. The van der Waals surface area contributed by atoms with E-state index in [1.54, 1.807) is 20.8 Å². The fraction of sp³-hybridized carbons (Fsp3) is 0.792. The molecule has 0 aromatic heterocycles. The van der Waals surface area contributed by atoms with Crippen LogP contribution in [-0.4, -0.2) is 58.1 Å². The van der Waals surface area contributed by atoms with Gasteiger partial charge in [0.15, 0.2) is 0 Å². The predicted molar refractivity (Wildman–Crippen MR) is 110 cm³/mol. The summed E-state index contributed by atoms with van der Waals surface area (Å²) < 4.78 is 17.6. The Bertz CT molecular complexity index is 971. The van der Waals surface area contributed by atoms with Crippen LogP contribution in [0, 0.1) is 22.2 Å². The number of hydrogen-bond acceptors (Lipinski definition) is 8. The topological polar surface area (TPSA) is 119 Å². The molecule has 4 saturated carbocycles. The first kappa shape index (κ1) is 22.0. The fourth-order valence-corrected chi connectivity index (χ4v) is 7.99. The van der Waals surface area contributed by atoms with Crippen LogP contribution in [0.5, 0.6) is 0 Å². The first-order valence-electron chi connectivity index (χ1n) is 11.5. The van der Waals surface area contributed by atoms with Gasteiger partial charge in [-0.05, 0) is 33.1 Å². The molecule has 5 fully saturated rings. The lowest BCUT2D eigenvalue weighted by molar-refractivity contribution is -0.369. The molecule has 5 aliphatic carbocycles. The summed E-state index contributed by atoms with van der Waals surface area (Å²) in [5.41, 5.74) is -4.01. The third kappa shape index (κ3) is 2.00. The number of ketones is 1. The normalized spacial score (nSPS) is 51.2. The average molecular weight is 449 g/mol. The van der Waals surface area contributed by atoms with Gasteiger partial charge in [-0.2, -0.15) is 0 Å². The molecule has 6 rings (SSSR count). The van der Waals surface area contributed by atoms with Crippen molar-refractivity contribution in [1.29, 1.82) is 0 Å². The van der Waals surface area contributed by atoms with Crippen molar-refractivity contribution in [2.24, 2.45) is 22.2 Å². The Hall–Kier alpha value is -1.77. The quantitative estimate of drug-likeness (QED) is 0.628. The van der Waals surface area contributed by atoms with Gasteiger partial charge in [0.2, 0.25) is 0 Å². The van der Waals surface area contributed by atoms with Gasteiger partial charge in [0.05, 0.1) is 12.2 Å². The molecule has 1 aliphatic heterocycles. The maximum Gasteiger partial charge on any atom is 0.336 e. The van der Waals surface area contributed by atoms with Gasteiger partial charge in [0, 0.05) is 42.1 Å². The Labute approximate surface area is 187 Å². The molecule has 0 amide bonds. The number of aliphatic hydroxyl groups is 2. The molecule has 0 aromatic carbocycles. The van der Waals surface area contributed by atoms with Crippen molar-refractivity contribution >= 4 is 17.7 Å². The third-order valence-corrected chi connectivity index (χ3v) is 10.1. The molecule has 2 N–H and O–H groups in total. The van der Waals surface area contributed by atoms with Crippen molar-refractivity contribution in [2.45, 2.75) is 90.3 Å². The molecule has 8 heteroatoms. The van der Waals surface area contributed by atoms with Gasteiger partial charge in [-0.15, -0.1) is 0 Å². The van der Waals surface area contributed by atoms with E-state index in [9.17, 15) is 24.6 Å². The zero-order chi connectivity index (χ0) is 23.5. The predicted octanol–water partition coefficient (Wildman–Crippen LogP) is 1.81. The number of ether oxygens (including phenoxy) is 3. The van der Waals surface area contributed by atoms with Gasteiger partial charge >= 0.3 is 11.9 Å². The monoisotopic (exact) mass is 448 g/mol. The van der Waals surface area contributed by atoms with E-state index in [0.29, 0.717) is 12.0 Å². The van der Waals surface area contributed by atoms with E-state index in [-0.39, 0.29) is 25.2 Å². The largest absolute Gasteiger partial charge is 0.462 e. The number of fused-ring (bicyclic) bond motifs is 1. The second kappa shape index (κ2) is 6.21. The standard InChI is InChI=1S/C24H32O8/c1-12-7-6-8-15(12)18(27)32-24-19(28)22-10-17(26)21(24,5)20(4,11-30-24)23(22,29)9-16(13(22)2)31-14(3)25/h13,16,19,28-29H,6-11H2,1-5H3/t13-,16+,19-,20-,21-,22+,23+,24+/m0/s1. The average Bonchev–Trinajstić information content (AvgIpc) is 3.30. The molecule has 6 aliphatic rings. The summed E-state index contributed by atoms with van der Waals surface area (Å²) >= 11 is 0. The van der Waals surface area contributed by atoms with E-state index in [0.717, 1.165) is 18.4 Å². The molecule has 1 heterocycles. The lowest BCUT2D eigenvalue weighted by Gasteiger charge is -2.70. The van der Waals surface area contributed by atoms with Crippen LogP contribution >= 0.6 is 0 Å². The highest BCUT2D eigenvalue weighted by Gasteiger charge is 2.94. The van der Waals surface area contributed by atoms with Crippen molar-refractivity contribution in [3.05, 3.63) is 11.1 Å². The van der Waals surface area contributed by atoms with Crippen molar-refractivity contribution < 1.29 is 38.8 Å². The Kier molecular flexibility index (Phi) is 4.28. The molecular formula is C24H32O8. The molecule has 0 aromatic rings. The van der Waals surface area contributed by atoms with E-state index in [4.69, 9.17) is 14.2 Å². The molecule has 8 atom stereocenters. The van der Waals surface area contributed by atoms with Crippen molar-refractivity contribution in [2.75, 3.05) is 6.61 Å². The molecule has 0 unspecified atom stereocenters. The van der Waals surface area contributed by atoms with Gasteiger partial charge in [-0.25, -0.2) is 4.79 Å². The number of hydrogen-bond donors (Lipinski definition) is 2. The Morgan fingerprint density at radius 3 is 2.50 bits per heavy atom. The SMILES string of the molecule is CC(=O)O[C@@H]1C[C@]2(O)[C@]3(CC(=O)[C@]4(C)[C@@](OC(=O)C5=C(C)CCC5)(OC[C@]24C)[C@H]3O)[C@H]1C. The zero-order valence-electron chi connectivity index (χ0n) is 19.3. The van der Waals surface area contributed by atoms with Crippen LogP contribution in [0.2, 0.25) is 0 Å². The first-order valence-corrected chi connectivity index (χ1v) is 11.5. The summed E-state index contributed by atoms with van der Waals surface area (Å²) in [4.78, 5) is 38.7. The third-order valence-electron chi connectivity index (χ3n) is 10.1. The fourth-order valence-electron chi connectivity index (χ4n) is 7.99. The minimum atomic E-state index is -1.91. The van der Waals surface area contributed by atoms with E-state index >= 15 is 0 Å². The summed E-state index contributed by atoms with van der Waals surface area (Å²) in [5, 5.41) is 24.1. The van der Waals surface area contributed by atoms with Gasteiger partial charge in [-0.1, -0.05) is 19.4 Å². The van der Waals surface area contributed by atoms with Gasteiger partial charge in [0.1, 0.15) is 23.4 Å². The minimum absolute atomic E-state index is 0.0601. The van der Waals surface area contributed by atoms with Crippen LogP contribution in [0.3, 0.4) is 0 Å². The van der Waals surface area contributed by atoms with Crippen LogP contribution in [-0.2, 0) is 28.6 Å². The number of allylic oxidation sites excluding steroid dienone is 1. The van der Waals surface area contributed by atoms with Crippen LogP contribution in [0.15, 0.2) is 11.1 Å². The van der Waals surface area contributed by atoms with Crippen molar-refractivity contribution in [3.8, 4) is 0 Å². The van der Waals surface area contributed by atoms with E-state index < -0.39 is 57.7 Å². The summed E-state index contributed by atoms with van der Waals surface area (Å²) in [6, 6.07) is 0. The van der Waals surface area contributed by atoms with Gasteiger partial charge < -0.3 is 24.4 Å². The maximum atomic E-state index is 13.7. The first-order chi connectivity index (χ1) is 14.8. The van der Waals surface area contributed by atoms with Crippen molar-refractivity contribution in [3.63, 3.8) is 0 Å². The Morgan fingerprint density at radius 2 is 1.91 bits per heavy atom. The van der Waals surface area contributed by atoms with Crippen molar-refractivity contribution in [1.82, 2.24) is 0 Å². The molecule has 176 valence electrons. The molecule has 1 saturated heterocycles. The molecule has 1 spiro atoms. The molecule has 4 bridgehead atoms. The smallest absolute Gasteiger partial charge is 0.336 e. The number of aliphatic hydroxyl groups excluding tert-OH is 1. The highest BCUT2D eigenvalue weighted by Crippen LogP contribution is 2.80. The van der Waals surface area contributed by atoms with Crippen LogP contribution in [0.25, 0.3) is 0 Å². The Balaban J connectivity index is 1.67. The van der Waals surface area contributed by atoms with Crippen LogP contribution in [0.4, 0.5) is 0 Å². The second-order valence-electron chi connectivity index (χ2n) is 11.0. The lowest BCUT2D eigenvalue weighted by Crippen LogP contribution is -2.84. The highest BCUT2D eigenvalue weighted by molar-refractivity contribution is 5.94. The van der Waals surface area contributed by atoms with E-state index in [1.165, 1.54) is 6.92 Å². The summed E-state index contributed by atoms with van der Waals surface area (Å²) in [5.74, 6) is -3.74. The number of rotatable bonds is 3. The van der Waals surface area contributed by atoms with Gasteiger partial charge in [0.25, 0.3) is 5.79 Å². The zero-order valence-corrected chi connectivity index (χ0v) is 19.3. The van der Waals surface area contributed by atoms with E-state index in [2.05, 4.69) is 0 Å². The van der Waals surface area contributed by atoms with Gasteiger partial charge in [-0.3, -0.25) is 9.59 Å². The number of Topliss-reactive ketones (excluding diaryl/α,β-unsaturated/α-hetero) is 1. The van der Waals surface area contributed by atoms with Crippen LogP contribution < -0.4 is 0 Å². The highest BCUT2D eigenvalue weighted by atomic mass is 16.7. The minimum Gasteiger partial charge on any atom is -0.462 e. The number of esters is 2. The van der Waals surface area contributed by atoms with Crippen LogP contribution in [0.1, 0.15) is 66.7 Å². The Morgan fingerprint density at radius 1 is 1.22 bits per heavy atom. The molecular weight excluding hydrogens is 416 g/mol. The number of carbonyl (C=O) groups excluding carboxylic acids is 3.